The van der Waals surface area contributed by atoms with Crippen LogP contribution in [0, 0.1) is 17.3 Å². The number of hydrogen-bond acceptors (Lipinski definition) is 2. The van der Waals surface area contributed by atoms with Gasteiger partial charge < -0.3 is 9.84 Å². The first-order valence-corrected chi connectivity index (χ1v) is 7.14. The zero-order valence-corrected chi connectivity index (χ0v) is 10.8. The van der Waals surface area contributed by atoms with E-state index in [2.05, 4.69) is 6.07 Å². The number of fused-ring (bicyclic) bond motifs is 2. The summed E-state index contributed by atoms with van der Waals surface area (Å²) in [6, 6.07) is 8.05. The van der Waals surface area contributed by atoms with Crippen molar-refractivity contribution in [3.8, 4) is 5.75 Å². The maximum atomic E-state index is 11.7. The lowest BCUT2D eigenvalue weighted by atomic mass is 9.77. The van der Waals surface area contributed by atoms with Gasteiger partial charge >= 0.3 is 5.97 Å². The quantitative estimate of drug-likeness (QED) is 0.906. The molecule has 1 heterocycles. The number of ether oxygens (including phenoxy) is 1. The van der Waals surface area contributed by atoms with E-state index in [4.69, 9.17) is 4.74 Å². The predicted octanol–water partition coefficient (Wildman–Crippen LogP) is 2.88. The number of aliphatic carboxylic acids is 1. The minimum Gasteiger partial charge on any atom is -0.490 e. The van der Waals surface area contributed by atoms with Crippen LogP contribution in [0.15, 0.2) is 24.3 Å². The molecule has 0 amide bonds. The summed E-state index contributed by atoms with van der Waals surface area (Å²) in [5.74, 6) is 1.69. The fourth-order valence-corrected chi connectivity index (χ4v) is 4.13. The van der Waals surface area contributed by atoms with Crippen LogP contribution in [-0.4, -0.2) is 17.2 Å². The molecule has 3 unspecified atom stereocenters. The summed E-state index contributed by atoms with van der Waals surface area (Å²) < 4.78 is 5.93. The summed E-state index contributed by atoms with van der Waals surface area (Å²) in [6.07, 6.45) is 4.56. The normalized spacial score (nSPS) is 38.4. The molecule has 1 aromatic rings. The number of carbonyl (C=O) groups is 1. The Hall–Kier alpha value is -1.51. The van der Waals surface area contributed by atoms with Crippen LogP contribution in [0.3, 0.4) is 0 Å². The van der Waals surface area contributed by atoms with Crippen molar-refractivity contribution in [3.63, 3.8) is 0 Å². The molecular formula is C16H18O3. The summed E-state index contributed by atoms with van der Waals surface area (Å²) in [5.41, 5.74) is 0.705. The van der Waals surface area contributed by atoms with Gasteiger partial charge in [-0.25, -0.2) is 0 Å². The lowest BCUT2D eigenvalue weighted by Gasteiger charge is -2.28. The number of benzene rings is 1. The fourth-order valence-electron chi connectivity index (χ4n) is 4.13. The fraction of sp³-hybridized carbons (Fsp3) is 0.562. The van der Waals surface area contributed by atoms with E-state index in [1.807, 2.05) is 18.2 Å². The predicted molar refractivity (Wildman–Crippen MR) is 70.1 cm³/mol. The van der Waals surface area contributed by atoms with Crippen LogP contribution in [0.4, 0.5) is 0 Å². The minimum atomic E-state index is -0.612. The van der Waals surface area contributed by atoms with Crippen LogP contribution in [0.5, 0.6) is 5.75 Å². The van der Waals surface area contributed by atoms with Gasteiger partial charge in [-0.15, -0.1) is 0 Å². The number of para-hydroxylation sites is 1. The summed E-state index contributed by atoms with van der Waals surface area (Å²) in [5, 5.41) is 9.62. The second-order valence-corrected chi connectivity index (χ2v) is 6.51. The van der Waals surface area contributed by atoms with Crippen molar-refractivity contribution in [2.45, 2.75) is 38.2 Å². The Kier molecular flexibility index (Phi) is 2.23. The lowest BCUT2D eigenvalue weighted by molar-refractivity contribution is -0.151. The zero-order chi connectivity index (χ0) is 13.0. The van der Waals surface area contributed by atoms with Crippen LogP contribution in [-0.2, 0) is 11.2 Å². The monoisotopic (exact) mass is 258 g/mol. The van der Waals surface area contributed by atoms with Gasteiger partial charge in [0, 0.05) is 12.8 Å². The highest BCUT2D eigenvalue weighted by Gasteiger charge is 2.58. The van der Waals surface area contributed by atoms with E-state index < -0.39 is 11.4 Å². The summed E-state index contributed by atoms with van der Waals surface area (Å²) >= 11 is 0. The number of hydrogen-bond donors (Lipinski definition) is 1. The van der Waals surface area contributed by atoms with Gasteiger partial charge in [-0.2, -0.15) is 0 Å². The van der Waals surface area contributed by atoms with Crippen molar-refractivity contribution in [1.29, 1.82) is 0 Å². The van der Waals surface area contributed by atoms with Gasteiger partial charge in [-0.3, -0.25) is 4.79 Å². The lowest BCUT2D eigenvalue weighted by Crippen LogP contribution is -2.35. The molecule has 2 fully saturated rings. The van der Waals surface area contributed by atoms with Crippen molar-refractivity contribution < 1.29 is 14.6 Å². The van der Waals surface area contributed by atoms with E-state index in [-0.39, 0.29) is 6.10 Å². The zero-order valence-electron chi connectivity index (χ0n) is 10.8. The smallest absolute Gasteiger partial charge is 0.309 e. The van der Waals surface area contributed by atoms with Gasteiger partial charge in [-0.05, 0) is 42.7 Å². The average Bonchev–Trinajstić information content (AvgIpc) is 2.85. The summed E-state index contributed by atoms with van der Waals surface area (Å²) in [6.45, 7) is 0. The first kappa shape index (κ1) is 11.3. The number of carboxylic acids is 1. The SMILES string of the molecule is O=C(O)C1(CC2Cc3ccccc3O2)CC2CC2C1. The van der Waals surface area contributed by atoms with Crippen molar-refractivity contribution >= 4 is 5.97 Å². The Bertz CT molecular complexity index is 502. The first-order valence-electron chi connectivity index (χ1n) is 7.14. The molecule has 0 saturated heterocycles. The molecule has 4 rings (SSSR count). The Balaban J connectivity index is 1.51. The number of rotatable bonds is 3. The van der Waals surface area contributed by atoms with E-state index in [0.29, 0.717) is 18.3 Å². The molecule has 2 aliphatic carbocycles. The second-order valence-electron chi connectivity index (χ2n) is 6.51. The first-order chi connectivity index (χ1) is 9.16. The van der Waals surface area contributed by atoms with Crippen molar-refractivity contribution in [2.24, 2.45) is 17.3 Å². The summed E-state index contributed by atoms with van der Waals surface area (Å²) in [7, 11) is 0. The maximum absolute atomic E-state index is 11.7. The van der Waals surface area contributed by atoms with Crippen molar-refractivity contribution in [2.75, 3.05) is 0 Å². The molecule has 0 spiro atoms. The molecule has 3 heteroatoms. The van der Waals surface area contributed by atoms with Crippen LogP contribution in [0.2, 0.25) is 0 Å². The van der Waals surface area contributed by atoms with Crippen LogP contribution in [0.1, 0.15) is 31.2 Å². The van der Waals surface area contributed by atoms with Crippen molar-refractivity contribution in [1.82, 2.24) is 0 Å². The van der Waals surface area contributed by atoms with E-state index in [1.165, 1.54) is 12.0 Å². The molecule has 1 N–H and O–H groups in total. The summed E-state index contributed by atoms with van der Waals surface area (Å²) in [4.78, 5) is 11.7. The van der Waals surface area contributed by atoms with E-state index in [1.54, 1.807) is 0 Å². The topological polar surface area (TPSA) is 46.5 Å². The number of carboxylic acid groups (broad SMARTS) is 1. The minimum absolute atomic E-state index is 0.0472. The van der Waals surface area contributed by atoms with Crippen LogP contribution >= 0.6 is 0 Å². The van der Waals surface area contributed by atoms with Gasteiger partial charge in [0.2, 0.25) is 0 Å². The highest BCUT2D eigenvalue weighted by Crippen LogP contribution is 2.61. The Labute approximate surface area is 112 Å². The van der Waals surface area contributed by atoms with Gasteiger partial charge in [0.1, 0.15) is 11.9 Å². The van der Waals surface area contributed by atoms with E-state index >= 15 is 0 Å². The average molecular weight is 258 g/mol. The molecule has 3 nitrogen and oxygen atoms in total. The Morgan fingerprint density at radius 1 is 1.32 bits per heavy atom. The van der Waals surface area contributed by atoms with Gasteiger partial charge in [-0.1, -0.05) is 18.2 Å². The molecule has 0 aromatic heterocycles. The third-order valence-electron chi connectivity index (χ3n) is 5.16. The molecule has 19 heavy (non-hydrogen) atoms. The second kappa shape index (κ2) is 3.75. The van der Waals surface area contributed by atoms with Gasteiger partial charge in [0.05, 0.1) is 5.41 Å². The molecule has 3 atom stereocenters. The highest BCUT2D eigenvalue weighted by molar-refractivity contribution is 5.75. The van der Waals surface area contributed by atoms with Crippen LogP contribution < -0.4 is 4.74 Å². The Morgan fingerprint density at radius 3 is 2.74 bits per heavy atom. The molecule has 3 aliphatic rings. The largest absolute Gasteiger partial charge is 0.490 e. The standard InChI is InChI=1S/C16H18O3/c17-15(18)16(7-11-5-12(11)8-16)9-13-6-10-3-1-2-4-14(10)19-13/h1-4,11-13H,5-9H2,(H,17,18). The van der Waals surface area contributed by atoms with Crippen LogP contribution in [0.25, 0.3) is 0 Å². The molecular weight excluding hydrogens is 240 g/mol. The third kappa shape index (κ3) is 1.75. The molecule has 1 aromatic carbocycles. The maximum Gasteiger partial charge on any atom is 0.309 e. The van der Waals surface area contributed by atoms with Gasteiger partial charge in [0.25, 0.3) is 0 Å². The molecule has 100 valence electrons. The van der Waals surface area contributed by atoms with Crippen molar-refractivity contribution in [3.05, 3.63) is 29.8 Å². The van der Waals surface area contributed by atoms with Gasteiger partial charge in [0.15, 0.2) is 0 Å². The third-order valence-corrected chi connectivity index (χ3v) is 5.16. The molecule has 2 saturated carbocycles. The molecule has 0 radical (unpaired) electrons. The van der Waals surface area contributed by atoms with E-state index in [0.717, 1.165) is 25.0 Å². The van der Waals surface area contributed by atoms with E-state index in [9.17, 15) is 9.90 Å². The molecule has 0 bridgehead atoms. The highest BCUT2D eigenvalue weighted by atomic mass is 16.5. The molecule has 1 aliphatic heterocycles. The Morgan fingerprint density at radius 2 is 2.05 bits per heavy atom.